The standard InChI is InChI=1S/C13H15NO/c1-8-4-9(2)13-12(5-8)11(7-15)6-10(3)14-13/h4-6,15H,7H2,1-3H3. The van der Waals surface area contributed by atoms with E-state index in [0.29, 0.717) is 0 Å². The number of benzene rings is 1. The number of rotatable bonds is 1. The van der Waals surface area contributed by atoms with Gasteiger partial charge in [-0.25, -0.2) is 0 Å². The van der Waals surface area contributed by atoms with Crippen molar-refractivity contribution in [2.45, 2.75) is 27.4 Å². The minimum Gasteiger partial charge on any atom is -0.392 e. The molecule has 2 aromatic rings. The molecule has 0 fully saturated rings. The average molecular weight is 201 g/mol. The van der Waals surface area contributed by atoms with Gasteiger partial charge in [-0.05, 0) is 44.0 Å². The lowest BCUT2D eigenvalue weighted by atomic mass is 10.0. The summed E-state index contributed by atoms with van der Waals surface area (Å²) in [5.74, 6) is 0. The highest BCUT2D eigenvalue weighted by Crippen LogP contribution is 2.23. The van der Waals surface area contributed by atoms with Gasteiger partial charge in [0.15, 0.2) is 0 Å². The van der Waals surface area contributed by atoms with Gasteiger partial charge in [-0.1, -0.05) is 11.6 Å². The van der Waals surface area contributed by atoms with Crippen molar-refractivity contribution in [2.24, 2.45) is 0 Å². The van der Waals surface area contributed by atoms with Gasteiger partial charge >= 0.3 is 0 Å². The van der Waals surface area contributed by atoms with E-state index >= 15 is 0 Å². The van der Waals surface area contributed by atoms with E-state index in [-0.39, 0.29) is 6.61 Å². The zero-order valence-corrected chi connectivity index (χ0v) is 9.33. The molecule has 1 aromatic heterocycles. The molecule has 1 N–H and O–H groups in total. The summed E-state index contributed by atoms with van der Waals surface area (Å²) in [6, 6.07) is 6.15. The van der Waals surface area contributed by atoms with Gasteiger partial charge in [0, 0.05) is 11.1 Å². The summed E-state index contributed by atoms with van der Waals surface area (Å²) in [5.41, 5.74) is 5.30. The van der Waals surface area contributed by atoms with Crippen LogP contribution >= 0.6 is 0 Å². The zero-order chi connectivity index (χ0) is 11.0. The second-order valence-corrected chi connectivity index (χ2v) is 4.06. The molecular weight excluding hydrogens is 186 g/mol. The highest BCUT2D eigenvalue weighted by Gasteiger charge is 2.06. The second kappa shape index (κ2) is 3.63. The van der Waals surface area contributed by atoms with E-state index in [9.17, 15) is 5.11 Å². The van der Waals surface area contributed by atoms with E-state index in [0.717, 1.165) is 22.2 Å². The number of aliphatic hydroxyl groups excluding tert-OH is 1. The lowest BCUT2D eigenvalue weighted by Gasteiger charge is -2.08. The fourth-order valence-electron chi connectivity index (χ4n) is 2.02. The topological polar surface area (TPSA) is 33.1 Å². The van der Waals surface area contributed by atoms with Crippen LogP contribution in [-0.4, -0.2) is 10.1 Å². The Labute approximate surface area is 89.6 Å². The Bertz CT molecular complexity index is 517. The Kier molecular flexibility index (Phi) is 2.45. The number of hydrogen-bond donors (Lipinski definition) is 1. The molecule has 0 saturated heterocycles. The van der Waals surface area contributed by atoms with Crippen LogP contribution in [0.3, 0.4) is 0 Å². The van der Waals surface area contributed by atoms with Gasteiger partial charge in [0.1, 0.15) is 0 Å². The molecule has 0 aliphatic heterocycles. The third-order valence-electron chi connectivity index (χ3n) is 2.63. The summed E-state index contributed by atoms with van der Waals surface area (Å²) in [6.45, 7) is 6.15. The predicted molar refractivity (Wildman–Crippen MR) is 61.9 cm³/mol. The number of fused-ring (bicyclic) bond motifs is 1. The molecule has 0 amide bonds. The first-order valence-electron chi connectivity index (χ1n) is 5.10. The maximum absolute atomic E-state index is 9.31. The van der Waals surface area contributed by atoms with E-state index < -0.39 is 0 Å². The van der Waals surface area contributed by atoms with Crippen LogP contribution in [0, 0.1) is 20.8 Å². The number of hydrogen-bond acceptors (Lipinski definition) is 2. The van der Waals surface area contributed by atoms with Crippen molar-refractivity contribution in [1.29, 1.82) is 0 Å². The Morgan fingerprint density at radius 1 is 1.13 bits per heavy atom. The van der Waals surface area contributed by atoms with Gasteiger partial charge < -0.3 is 5.11 Å². The van der Waals surface area contributed by atoms with Gasteiger partial charge in [-0.15, -0.1) is 0 Å². The van der Waals surface area contributed by atoms with E-state index in [2.05, 4.69) is 31.0 Å². The van der Waals surface area contributed by atoms with Crippen molar-refractivity contribution in [3.05, 3.63) is 40.6 Å². The van der Waals surface area contributed by atoms with Crippen molar-refractivity contribution in [3.63, 3.8) is 0 Å². The highest BCUT2D eigenvalue weighted by molar-refractivity contribution is 5.85. The molecule has 1 heterocycles. The lowest BCUT2D eigenvalue weighted by molar-refractivity contribution is 0.283. The summed E-state index contributed by atoms with van der Waals surface area (Å²) in [6.07, 6.45) is 0. The van der Waals surface area contributed by atoms with Gasteiger partial charge in [0.25, 0.3) is 0 Å². The second-order valence-electron chi connectivity index (χ2n) is 4.06. The zero-order valence-electron chi connectivity index (χ0n) is 9.33. The maximum atomic E-state index is 9.31. The summed E-state index contributed by atoms with van der Waals surface area (Å²) in [5, 5.41) is 10.4. The molecule has 2 heteroatoms. The maximum Gasteiger partial charge on any atom is 0.0738 e. The molecule has 0 saturated carbocycles. The number of pyridine rings is 1. The normalized spacial score (nSPS) is 10.9. The average Bonchev–Trinajstić information content (AvgIpc) is 2.18. The molecule has 0 bridgehead atoms. The molecule has 1 aromatic carbocycles. The van der Waals surface area contributed by atoms with Crippen LogP contribution in [0.4, 0.5) is 0 Å². The first-order chi connectivity index (χ1) is 7.11. The summed E-state index contributed by atoms with van der Waals surface area (Å²) in [7, 11) is 0. The molecule has 0 unspecified atom stereocenters. The van der Waals surface area contributed by atoms with E-state index in [4.69, 9.17) is 0 Å². The van der Waals surface area contributed by atoms with Crippen LogP contribution in [0.1, 0.15) is 22.4 Å². The Morgan fingerprint density at radius 2 is 1.87 bits per heavy atom. The summed E-state index contributed by atoms with van der Waals surface area (Å²) < 4.78 is 0. The SMILES string of the molecule is Cc1cc(C)c2nc(C)cc(CO)c2c1. The van der Waals surface area contributed by atoms with Gasteiger partial charge in [0.2, 0.25) is 0 Å². The fraction of sp³-hybridized carbons (Fsp3) is 0.308. The largest absolute Gasteiger partial charge is 0.392 e. The molecule has 15 heavy (non-hydrogen) atoms. The molecule has 78 valence electrons. The molecule has 0 radical (unpaired) electrons. The number of aromatic nitrogens is 1. The molecule has 0 aliphatic rings. The minimum atomic E-state index is 0.0722. The first kappa shape index (κ1) is 10.1. The van der Waals surface area contributed by atoms with Gasteiger partial charge in [-0.2, -0.15) is 0 Å². The molecule has 2 nitrogen and oxygen atoms in total. The minimum absolute atomic E-state index is 0.0722. The lowest BCUT2D eigenvalue weighted by Crippen LogP contribution is -1.94. The molecule has 0 spiro atoms. The van der Waals surface area contributed by atoms with Crippen LogP contribution in [0.2, 0.25) is 0 Å². The molecule has 0 atom stereocenters. The van der Waals surface area contributed by atoms with Crippen LogP contribution in [0.5, 0.6) is 0 Å². The molecule has 2 rings (SSSR count). The van der Waals surface area contributed by atoms with Crippen LogP contribution in [0.15, 0.2) is 18.2 Å². The number of aliphatic hydroxyl groups is 1. The third-order valence-corrected chi connectivity index (χ3v) is 2.63. The van der Waals surface area contributed by atoms with Crippen molar-refractivity contribution < 1.29 is 5.11 Å². The van der Waals surface area contributed by atoms with Crippen molar-refractivity contribution in [3.8, 4) is 0 Å². The smallest absolute Gasteiger partial charge is 0.0738 e. The van der Waals surface area contributed by atoms with Crippen LogP contribution in [0.25, 0.3) is 10.9 Å². The Morgan fingerprint density at radius 3 is 2.53 bits per heavy atom. The van der Waals surface area contributed by atoms with Crippen molar-refractivity contribution >= 4 is 10.9 Å². The highest BCUT2D eigenvalue weighted by atomic mass is 16.3. The molecule has 0 aliphatic carbocycles. The first-order valence-corrected chi connectivity index (χ1v) is 5.10. The third kappa shape index (κ3) is 1.73. The van der Waals surface area contributed by atoms with Crippen LogP contribution < -0.4 is 0 Å². The monoisotopic (exact) mass is 201 g/mol. The quantitative estimate of drug-likeness (QED) is 0.769. The van der Waals surface area contributed by atoms with Crippen molar-refractivity contribution in [2.75, 3.05) is 0 Å². The summed E-state index contributed by atoms with van der Waals surface area (Å²) in [4.78, 5) is 4.51. The number of aryl methyl sites for hydroxylation is 3. The van der Waals surface area contributed by atoms with E-state index in [1.165, 1.54) is 11.1 Å². The van der Waals surface area contributed by atoms with E-state index in [1.807, 2.05) is 13.0 Å². The Hall–Kier alpha value is -1.41. The van der Waals surface area contributed by atoms with Crippen molar-refractivity contribution in [1.82, 2.24) is 4.98 Å². The summed E-state index contributed by atoms with van der Waals surface area (Å²) >= 11 is 0. The van der Waals surface area contributed by atoms with Gasteiger partial charge in [0.05, 0.1) is 12.1 Å². The fourth-order valence-corrected chi connectivity index (χ4v) is 2.02. The predicted octanol–water partition coefficient (Wildman–Crippen LogP) is 2.65. The Balaban J connectivity index is 2.89. The molecular formula is C13H15NO. The van der Waals surface area contributed by atoms with E-state index in [1.54, 1.807) is 0 Å². The number of nitrogens with zero attached hydrogens (tertiary/aromatic N) is 1. The van der Waals surface area contributed by atoms with Crippen LogP contribution in [-0.2, 0) is 6.61 Å². The van der Waals surface area contributed by atoms with Gasteiger partial charge in [-0.3, -0.25) is 4.98 Å².